The van der Waals surface area contributed by atoms with Crippen molar-refractivity contribution in [3.05, 3.63) is 35.4 Å². The van der Waals surface area contributed by atoms with Crippen LogP contribution in [-0.2, 0) is 17.8 Å². The van der Waals surface area contributed by atoms with Crippen LogP contribution in [0.15, 0.2) is 24.3 Å². The maximum absolute atomic E-state index is 5.18. The third-order valence-corrected chi connectivity index (χ3v) is 2.54. The highest BCUT2D eigenvalue weighted by atomic mass is 16.5. The van der Waals surface area contributed by atoms with Gasteiger partial charge in [0.1, 0.15) is 0 Å². The highest BCUT2D eigenvalue weighted by molar-refractivity contribution is 5.26. The Hall–Kier alpha value is -0.860. The molecule has 0 amide bonds. The molecular formula is C13H21NO. The molecular weight excluding hydrogens is 186 g/mol. The lowest BCUT2D eigenvalue weighted by atomic mass is 10.0. The molecule has 0 spiro atoms. The minimum Gasteiger partial charge on any atom is -0.380 e. The highest BCUT2D eigenvalue weighted by Crippen LogP contribution is 2.12. The standard InChI is InChI=1S/C13H21NO/c1-14-10-6-5-8-12-7-3-4-9-13(12)11-15-2/h3-4,7,9,14H,5-6,8,10-11H2,1-2H3. The van der Waals surface area contributed by atoms with E-state index in [2.05, 4.69) is 29.6 Å². The number of hydrogen-bond donors (Lipinski definition) is 1. The van der Waals surface area contributed by atoms with E-state index in [1.54, 1.807) is 7.11 Å². The fraction of sp³-hybridized carbons (Fsp3) is 0.538. The number of ether oxygens (including phenoxy) is 1. The molecule has 2 nitrogen and oxygen atoms in total. The normalized spacial score (nSPS) is 10.5. The fourth-order valence-electron chi connectivity index (χ4n) is 1.71. The molecule has 0 saturated carbocycles. The molecule has 0 aromatic heterocycles. The van der Waals surface area contributed by atoms with Crippen molar-refractivity contribution in [3.8, 4) is 0 Å². The SMILES string of the molecule is CNCCCCc1ccccc1COC. The Morgan fingerprint density at radius 1 is 1.13 bits per heavy atom. The van der Waals surface area contributed by atoms with Gasteiger partial charge in [0, 0.05) is 7.11 Å². The van der Waals surface area contributed by atoms with Gasteiger partial charge in [0.05, 0.1) is 6.61 Å². The molecule has 0 aliphatic rings. The second kappa shape index (κ2) is 7.43. The maximum atomic E-state index is 5.18. The Labute approximate surface area is 92.6 Å². The van der Waals surface area contributed by atoms with Crippen molar-refractivity contribution in [2.45, 2.75) is 25.9 Å². The zero-order valence-electron chi connectivity index (χ0n) is 9.75. The van der Waals surface area contributed by atoms with Gasteiger partial charge in [0.15, 0.2) is 0 Å². The van der Waals surface area contributed by atoms with Gasteiger partial charge in [-0.15, -0.1) is 0 Å². The Bertz CT molecular complexity index is 273. The van der Waals surface area contributed by atoms with Crippen molar-refractivity contribution in [1.82, 2.24) is 5.32 Å². The van der Waals surface area contributed by atoms with E-state index in [0.29, 0.717) is 0 Å². The molecule has 84 valence electrons. The van der Waals surface area contributed by atoms with Gasteiger partial charge in [-0.05, 0) is 44.0 Å². The summed E-state index contributed by atoms with van der Waals surface area (Å²) in [6, 6.07) is 8.53. The number of nitrogens with one attached hydrogen (secondary N) is 1. The Kier molecular flexibility index (Phi) is 6.05. The molecule has 0 aliphatic carbocycles. The first-order chi connectivity index (χ1) is 7.38. The molecule has 0 atom stereocenters. The summed E-state index contributed by atoms with van der Waals surface area (Å²) in [4.78, 5) is 0. The van der Waals surface area contributed by atoms with Gasteiger partial charge >= 0.3 is 0 Å². The van der Waals surface area contributed by atoms with Gasteiger partial charge < -0.3 is 10.1 Å². The number of methoxy groups -OCH3 is 1. The summed E-state index contributed by atoms with van der Waals surface area (Å²) >= 11 is 0. The van der Waals surface area contributed by atoms with Crippen molar-refractivity contribution in [2.24, 2.45) is 0 Å². The van der Waals surface area contributed by atoms with Gasteiger partial charge in [0.25, 0.3) is 0 Å². The highest BCUT2D eigenvalue weighted by Gasteiger charge is 2.00. The van der Waals surface area contributed by atoms with Crippen molar-refractivity contribution in [3.63, 3.8) is 0 Å². The van der Waals surface area contributed by atoms with E-state index in [0.717, 1.165) is 19.6 Å². The van der Waals surface area contributed by atoms with E-state index in [9.17, 15) is 0 Å². The van der Waals surface area contributed by atoms with Crippen LogP contribution in [0.25, 0.3) is 0 Å². The van der Waals surface area contributed by atoms with Gasteiger partial charge in [-0.2, -0.15) is 0 Å². The van der Waals surface area contributed by atoms with Crippen LogP contribution in [0.4, 0.5) is 0 Å². The van der Waals surface area contributed by atoms with E-state index in [4.69, 9.17) is 4.74 Å². The summed E-state index contributed by atoms with van der Waals surface area (Å²) in [5.41, 5.74) is 2.75. The number of unbranched alkanes of at least 4 members (excludes halogenated alkanes) is 1. The largest absolute Gasteiger partial charge is 0.380 e. The monoisotopic (exact) mass is 207 g/mol. The first-order valence-corrected chi connectivity index (χ1v) is 5.58. The van der Waals surface area contributed by atoms with Crippen LogP contribution < -0.4 is 5.32 Å². The van der Waals surface area contributed by atoms with Crippen LogP contribution in [0.2, 0.25) is 0 Å². The van der Waals surface area contributed by atoms with E-state index in [1.165, 1.54) is 24.0 Å². The van der Waals surface area contributed by atoms with Gasteiger partial charge in [-0.3, -0.25) is 0 Å². The molecule has 0 aliphatic heterocycles. The minimum atomic E-state index is 0.724. The average Bonchev–Trinajstić information content (AvgIpc) is 2.27. The molecule has 1 rings (SSSR count). The molecule has 0 unspecified atom stereocenters. The number of aryl methyl sites for hydroxylation is 1. The van der Waals surface area contributed by atoms with E-state index in [-0.39, 0.29) is 0 Å². The predicted octanol–water partition coefficient (Wildman–Crippen LogP) is 2.38. The topological polar surface area (TPSA) is 21.3 Å². The van der Waals surface area contributed by atoms with Crippen LogP contribution in [0, 0.1) is 0 Å². The Balaban J connectivity index is 2.44. The molecule has 15 heavy (non-hydrogen) atoms. The molecule has 0 heterocycles. The van der Waals surface area contributed by atoms with Gasteiger partial charge in [-0.25, -0.2) is 0 Å². The van der Waals surface area contributed by atoms with Crippen LogP contribution in [0.1, 0.15) is 24.0 Å². The van der Waals surface area contributed by atoms with Crippen molar-refractivity contribution < 1.29 is 4.74 Å². The summed E-state index contributed by atoms with van der Waals surface area (Å²) in [7, 11) is 3.75. The first-order valence-electron chi connectivity index (χ1n) is 5.58. The maximum Gasteiger partial charge on any atom is 0.0715 e. The van der Waals surface area contributed by atoms with E-state index in [1.807, 2.05) is 7.05 Å². The lowest BCUT2D eigenvalue weighted by Crippen LogP contribution is -2.07. The zero-order chi connectivity index (χ0) is 10.9. The number of benzene rings is 1. The molecule has 0 bridgehead atoms. The lowest BCUT2D eigenvalue weighted by Gasteiger charge is -2.08. The van der Waals surface area contributed by atoms with E-state index >= 15 is 0 Å². The van der Waals surface area contributed by atoms with Gasteiger partial charge in [0.2, 0.25) is 0 Å². The summed E-state index contributed by atoms with van der Waals surface area (Å²) in [6.45, 7) is 1.83. The Morgan fingerprint density at radius 3 is 2.53 bits per heavy atom. The van der Waals surface area contributed by atoms with Crippen LogP contribution in [0.5, 0.6) is 0 Å². The fourth-order valence-corrected chi connectivity index (χ4v) is 1.71. The predicted molar refractivity (Wildman–Crippen MR) is 64.0 cm³/mol. The molecule has 0 saturated heterocycles. The minimum absolute atomic E-state index is 0.724. The third kappa shape index (κ3) is 4.45. The second-order valence-electron chi connectivity index (χ2n) is 3.76. The zero-order valence-corrected chi connectivity index (χ0v) is 9.75. The van der Waals surface area contributed by atoms with Gasteiger partial charge in [-0.1, -0.05) is 24.3 Å². The average molecular weight is 207 g/mol. The van der Waals surface area contributed by atoms with E-state index < -0.39 is 0 Å². The second-order valence-corrected chi connectivity index (χ2v) is 3.76. The van der Waals surface area contributed by atoms with Crippen molar-refractivity contribution in [2.75, 3.05) is 20.7 Å². The van der Waals surface area contributed by atoms with Crippen LogP contribution in [0.3, 0.4) is 0 Å². The number of hydrogen-bond acceptors (Lipinski definition) is 2. The van der Waals surface area contributed by atoms with Crippen LogP contribution >= 0.6 is 0 Å². The lowest BCUT2D eigenvalue weighted by molar-refractivity contribution is 0.184. The van der Waals surface area contributed by atoms with Crippen molar-refractivity contribution >= 4 is 0 Å². The molecule has 0 radical (unpaired) electrons. The third-order valence-electron chi connectivity index (χ3n) is 2.54. The molecule has 1 aromatic rings. The molecule has 1 N–H and O–H groups in total. The smallest absolute Gasteiger partial charge is 0.0715 e. The molecule has 2 heteroatoms. The quantitative estimate of drug-likeness (QED) is 0.693. The molecule has 0 fully saturated rings. The molecule has 1 aromatic carbocycles. The van der Waals surface area contributed by atoms with Crippen molar-refractivity contribution in [1.29, 1.82) is 0 Å². The number of rotatable bonds is 7. The summed E-state index contributed by atoms with van der Waals surface area (Å²) in [6.07, 6.45) is 3.63. The first kappa shape index (κ1) is 12.2. The summed E-state index contributed by atoms with van der Waals surface area (Å²) in [5, 5.41) is 3.17. The summed E-state index contributed by atoms with van der Waals surface area (Å²) in [5.74, 6) is 0. The summed E-state index contributed by atoms with van der Waals surface area (Å²) < 4.78 is 5.18. The Morgan fingerprint density at radius 2 is 1.87 bits per heavy atom. The van der Waals surface area contributed by atoms with Crippen LogP contribution in [-0.4, -0.2) is 20.7 Å².